The number of benzene rings is 2. The zero-order chi connectivity index (χ0) is 17.9. The molecule has 3 nitrogen and oxygen atoms in total. The molecule has 0 radical (unpaired) electrons. The molecule has 2 aromatic heterocycles. The van der Waals surface area contributed by atoms with Gasteiger partial charge in [-0.1, -0.05) is 50.2 Å². The van der Waals surface area contributed by atoms with Crippen LogP contribution in [0.2, 0.25) is 0 Å². The van der Waals surface area contributed by atoms with Crippen molar-refractivity contribution in [3.05, 3.63) is 71.6 Å². The zero-order valence-electron chi connectivity index (χ0n) is 15.1. The summed E-state index contributed by atoms with van der Waals surface area (Å²) in [4.78, 5) is 6.03. The normalized spacial score (nSPS) is 11.3. The van der Waals surface area contributed by atoms with Crippen LogP contribution in [0.5, 0.6) is 5.75 Å². The highest BCUT2D eigenvalue weighted by Gasteiger charge is 2.13. The van der Waals surface area contributed by atoms with Gasteiger partial charge in [0.2, 0.25) is 0 Å². The van der Waals surface area contributed by atoms with Gasteiger partial charge >= 0.3 is 0 Å². The molecule has 0 spiro atoms. The Morgan fingerprint density at radius 1 is 1.00 bits per heavy atom. The molecule has 0 bridgehead atoms. The molecule has 0 unspecified atom stereocenters. The third kappa shape index (κ3) is 3.25. The molecule has 4 aromatic rings. The van der Waals surface area contributed by atoms with Crippen molar-refractivity contribution >= 4 is 22.4 Å². The maximum absolute atomic E-state index is 6.15. The fourth-order valence-corrected chi connectivity index (χ4v) is 3.95. The fraction of sp³-hybridized carbons (Fsp3) is 0.227. The molecule has 4 heteroatoms. The summed E-state index contributed by atoms with van der Waals surface area (Å²) in [6, 6.07) is 20.8. The van der Waals surface area contributed by atoms with E-state index in [-0.39, 0.29) is 0 Å². The Bertz CT molecular complexity index is 1000. The van der Waals surface area contributed by atoms with E-state index in [2.05, 4.69) is 72.3 Å². The summed E-state index contributed by atoms with van der Waals surface area (Å²) < 4.78 is 8.41. The lowest BCUT2D eigenvalue weighted by atomic mass is 10.0. The Morgan fingerprint density at radius 2 is 1.81 bits per heavy atom. The van der Waals surface area contributed by atoms with Crippen LogP contribution in [0, 0.1) is 0 Å². The van der Waals surface area contributed by atoms with Crippen molar-refractivity contribution in [2.75, 3.05) is 6.61 Å². The summed E-state index contributed by atoms with van der Waals surface area (Å²) in [5.41, 5.74) is 3.43. The first-order chi connectivity index (χ1) is 12.7. The largest absolute Gasteiger partial charge is 0.491 e. The first-order valence-electron chi connectivity index (χ1n) is 8.95. The number of thiophene rings is 1. The van der Waals surface area contributed by atoms with Crippen LogP contribution in [-0.4, -0.2) is 16.2 Å². The maximum atomic E-state index is 6.15. The van der Waals surface area contributed by atoms with Crippen LogP contribution < -0.4 is 4.74 Å². The third-order valence-corrected chi connectivity index (χ3v) is 5.38. The molecule has 0 aliphatic carbocycles. The topological polar surface area (TPSA) is 27.1 Å². The predicted molar refractivity (Wildman–Crippen MR) is 109 cm³/mol. The molecule has 0 amide bonds. The van der Waals surface area contributed by atoms with E-state index in [0.29, 0.717) is 12.5 Å². The second-order valence-electron chi connectivity index (χ2n) is 6.59. The van der Waals surface area contributed by atoms with Gasteiger partial charge in [0.05, 0.1) is 22.5 Å². The van der Waals surface area contributed by atoms with Gasteiger partial charge < -0.3 is 9.30 Å². The van der Waals surface area contributed by atoms with E-state index in [9.17, 15) is 0 Å². The molecule has 132 valence electrons. The van der Waals surface area contributed by atoms with Gasteiger partial charge in [0.25, 0.3) is 0 Å². The summed E-state index contributed by atoms with van der Waals surface area (Å²) in [6.07, 6.45) is 0. The quantitative estimate of drug-likeness (QED) is 0.423. The van der Waals surface area contributed by atoms with Crippen LogP contribution in [0.1, 0.15) is 25.3 Å². The van der Waals surface area contributed by atoms with Gasteiger partial charge in [-0.05, 0) is 41.1 Å². The van der Waals surface area contributed by atoms with Gasteiger partial charge in [-0.15, -0.1) is 11.3 Å². The minimum absolute atomic E-state index is 0.446. The Balaban J connectivity index is 1.61. The van der Waals surface area contributed by atoms with Gasteiger partial charge in [0.1, 0.15) is 12.4 Å². The number of hydrogen-bond acceptors (Lipinski definition) is 3. The minimum Gasteiger partial charge on any atom is -0.491 e. The van der Waals surface area contributed by atoms with Gasteiger partial charge in [0.15, 0.2) is 5.82 Å². The molecule has 0 atom stereocenters. The molecule has 4 rings (SSSR count). The summed E-state index contributed by atoms with van der Waals surface area (Å²) >= 11 is 1.72. The van der Waals surface area contributed by atoms with E-state index < -0.39 is 0 Å². The first-order valence-corrected chi connectivity index (χ1v) is 9.83. The molecule has 2 aromatic carbocycles. The van der Waals surface area contributed by atoms with Gasteiger partial charge in [-0.25, -0.2) is 4.98 Å². The molecule has 2 heterocycles. The van der Waals surface area contributed by atoms with E-state index in [4.69, 9.17) is 9.72 Å². The van der Waals surface area contributed by atoms with Gasteiger partial charge in [0, 0.05) is 0 Å². The van der Waals surface area contributed by atoms with Crippen LogP contribution >= 0.6 is 11.3 Å². The van der Waals surface area contributed by atoms with Crippen LogP contribution in [0.15, 0.2) is 66.0 Å². The van der Waals surface area contributed by atoms with E-state index in [1.807, 2.05) is 12.1 Å². The number of para-hydroxylation sites is 3. The highest BCUT2D eigenvalue weighted by Crippen LogP contribution is 2.29. The number of imidazole rings is 1. The fourth-order valence-electron chi connectivity index (χ4n) is 3.23. The molecule has 0 fully saturated rings. The van der Waals surface area contributed by atoms with Crippen molar-refractivity contribution in [2.24, 2.45) is 0 Å². The van der Waals surface area contributed by atoms with E-state index in [1.54, 1.807) is 11.3 Å². The molecule has 0 saturated carbocycles. The van der Waals surface area contributed by atoms with Crippen molar-refractivity contribution in [3.8, 4) is 16.5 Å². The predicted octanol–water partition coefficient (Wildman–Crippen LogP) is 5.97. The second kappa shape index (κ2) is 7.34. The van der Waals surface area contributed by atoms with E-state index in [0.717, 1.165) is 29.2 Å². The molecule has 0 saturated heterocycles. The van der Waals surface area contributed by atoms with E-state index in [1.165, 1.54) is 10.4 Å². The average molecular weight is 362 g/mol. The van der Waals surface area contributed by atoms with Crippen LogP contribution in [0.25, 0.3) is 21.7 Å². The van der Waals surface area contributed by atoms with Crippen LogP contribution in [-0.2, 0) is 6.54 Å². The Labute approximate surface area is 157 Å². The summed E-state index contributed by atoms with van der Waals surface area (Å²) in [5, 5.41) is 2.09. The number of aromatic nitrogens is 2. The smallest absolute Gasteiger partial charge is 0.151 e. The molecule has 0 N–H and O–H groups in total. The minimum atomic E-state index is 0.446. The van der Waals surface area contributed by atoms with Crippen molar-refractivity contribution in [2.45, 2.75) is 26.3 Å². The molecular formula is C22H22N2OS. The number of ether oxygens (including phenoxy) is 1. The highest BCUT2D eigenvalue weighted by atomic mass is 32.1. The first kappa shape index (κ1) is 16.9. The Hall–Kier alpha value is -2.59. The molecule has 0 aliphatic heterocycles. The highest BCUT2D eigenvalue weighted by molar-refractivity contribution is 7.13. The van der Waals surface area contributed by atoms with Crippen LogP contribution in [0.4, 0.5) is 0 Å². The van der Waals surface area contributed by atoms with Gasteiger partial charge in [-0.3, -0.25) is 0 Å². The SMILES string of the molecule is CC(C)c1ccccc1OCCn1c(-c2cccs2)nc2ccccc21. The van der Waals surface area contributed by atoms with Crippen molar-refractivity contribution in [1.29, 1.82) is 0 Å². The number of hydrogen-bond donors (Lipinski definition) is 0. The number of fused-ring (bicyclic) bond motifs is 1. The molecule has 0 aliphatic rings. The monoisotopic (exact) mass is 362 g/mol. The van der Waals surface area contributed by atoms with Crippen LogP contribution in [0.3, 0.4) is 0 Å². The molecule has 26 heavy (non-hydrogen) atoms. The zero-order valence-corrected chi connectivity index (χ0v) is 15.9. The lowest BCUT2D eigenvalue weighted by molar-refractivity contribution is 0.297. The van der Waals surface area contributed by atoms with E-state index >= 15 is 0 Å². The lowest BCUT2D eigenvalue weighted by Gasteiger charge is -2.15. The standard InChI is InChI=1S/C22H22N2OS/c1-16(2)17-8-3-6-11-20(17)25-14-13-24-19-10-5-4-9-18(19)23-22(24)21-12-7-15-26-21/h3-12,15-16H,13-14H2,1-2H3. The number of rotatable bonds is 6. The van der Waals surface area contributed by atoms with Crippen molar-refractivity contribution in [1.82, 2.24) is 9.55 Å². The summed E-state index contributed by atoms with van der Waals surface area (Å²) in [5.74, 6) is 2.44. The Morgan fingerprint density at radius 3 is 2.62 bits per heavy atom. The van der Waals surface area contributed by atoms with Crippen molar-refractivity contribution < 1.29 is 4.74 Å². The third-order valence-electron chi connectivity index (χ3n) is 4.51. The summed E-state index contributed by atoms with van der Waals surface area (Å²) in [6.45, 7) is 5.77. The molecular weight excluding hydrogens is 340 g/mol. The number of nitrogens with zero attached hydrogens (tertiary/aromatic N) is 2. The lowest BCUT2D eigenvalue weighted by Crippen LogP contribution is -2.10. The average Bonchev–Trinajstić information content (AvgIpc) is 3.30. The second-order valence-corrected chi connectivity index (χ2v) is 7.54. The van der Waals surface area contributed by atoms with Crippen molar-refractivity contribution in [3.63, 3.8) is 0 Å². The maximum Gasteiger partial charge on any atom is 0.151 e. The Kier molecular flexibility index (Phi) is 4.76. The summed E-state index contributed by atoms with van der Waals surface area (Å²) in [7, 11) is 0. The van der Waals surface area contributed by atoms with Gasteiger partial charge in [-0.2, -0.15) is 0 Å².